The van der Waals surface area contributed by atoms with Crippen LogP contribution in [0.15, 0.2) is 0 Å². The molecule has 2 saturated heterocycles. The summed E-state index contributed by atoms with van der Waals surface area (Å²) >= 11 is 0. The van der Waals surface area contributed by atoms with Gasteiger partial charge in [0.15, 0.2) is 5.78 Å². The van der Waals surface area contributed by atoms with Gasteiger partial charge in [-0.05, 0) is 31.6 Å². The van der Waals surface area contributed by atoms with Crippen molar-refractivity contribution in [3.05, 3.63) is 0 Å². The van der Waals surface area contributed by atoms with Crippen molar-refractivity contribution in [1.82, 2.24) is 26.2 Å². The molecule has 2 fully saturated rings. The van der Waals surface area contributed by atoms with E-state index in [1.807, 2.05) is 13.8 Å². The molecule has 2 aliphatic heterocycles. The number of rotatable bonds is 21. The summed E-state index contributed by atoms with van der Waals surface area (Å²) in [5.41, 5.74) is -1.03. The van der Waals surface area contributed by atoms with E-state index in [0.29, 0.717) is 26.3 Å². The predicted octanol–water partition coefficient (Wildman–Crippen LogP) is 0.186. The molecule has 2 rings (SSSR count). The number of ether oxygens (including phenoxy) is 4. The lowest BCUT2D eigenvalue weighted by Gasteiger charge is -2.28. The second kappa shape index (κ2) is 19.2. The van der Waals surface area contributed by atoms with Crippen LogP contribution in [-0.2, 0) is 42.9 Å². The van der Waals surface area contributed by atoms with E-state index in [4.69, 9.17) is 9.47 Å². The maximum Gasteiger partial charge on any atom is 0.345 e. The third-order valence-electron chi connectivity index (χ3n) is 7.31. The Balaban J connectivity index is 2.20. The van der Waals surface area contributed by atoms with Gasteiger partial charge in [0, 0.05) is 13.1 Å². The molecule has 2 aliphatic rings. The molecule has 0 saturated carbocycles. The molecule has 18 heteroatoms. The molecule has 0 spiro atoms. The highest BCUT2D eigenvalue weighted by Gasteiger charge is 2.50. The Labute approximate surface area is 271 Å². The van der Waals surface area contributed by atoms with Gasteiger partial charge in [0.1, 0.15) is 23.7 Å². The van der Waals surface area contributed by atoms with Gasteiger partial charge < -0.3 is 40.2 Å². The lowest BCUT2D eigenvalue weighted by molar-refractivity contribution is -0.153. The van der Waals surface area contributed by atoms with E-state index < -0.39 is 79.8 Å². The van der Waals surface area contributed by atoms with Crippen LogP contribution in [0.25, 0.3) is 0 Å². The summed E-state index contributed by atoms with van der Waals surface area (Å²) in [7, 11) is 0. The van der Waals surface area contributed by atoms with Crippen molar-refractivity contribution in [2.24, 2.45) is 11.8 Å². The molecule has 0 bridgehead atoms. The highest BCUT2D eigenvalue weighted by atomic mass is 19.3. The first kappa shape index (κ1) is 40.2. The average molecular weight is 686 g/mol. The molecular formula is C29H47F4N5O9. The summed E-state index contributed by atoms with van der Waals surface area (Å²) in [6, 6.07) is -5.80. The van der Waals surface area contributed by atoms with Gasteiger partial charge in [-0.2, -0.15) is 17.6 Å². The predicted molar refractivity (Wildman–Crippen MR) is 157 cm³/mol. The number of hydrogen-bond acceptors (Lipinski definition) is 10. The van der Waals surface area contributed by atoms with E-state index in [1.165, 1.54) is 0 Å². The van der Waals surface area contributed by atoms with Gasteiger partial charge in [-0.15, -0.1) is 0 Å². The van der Waals surface area contributed by atoms with Crippen LogP contribution in [0.1, 0.15) is 47.5 Å². The molecule has 0 unspecified atom stereocenters. The van der Waals surface area contributed by atoms with E-state index in [0.717, 1.165) is 0 Å². The van der Waals surface area contributed by atoms with Crippen molar-refractivity contribution in [3.8, 4) is 0 Å². The number of nitrogens with zero attached hydrogens (tertiary/aromatic N) is 1. The second-order valence-electron chi connectivity index (χ2n) is 12.5. The number of ketones is 1. The van der Waals surface area contributed by atoms with Crippen LogP contribution in [0.3, 0.4) is 0 Å². The van der Waals surface area contributed by atoms with Gasteiger partial charge in [0.2, 0.25) is 23.6 Å². The second-order valence-corrected chi connectivity index (χ2v) is 12.5. The van der Waals surface area contributed by atoms with Gasteiger partial charge in [0.25, 0.3) is 0 Å². The normalized spacial score (nSPS) is 20.9. The molecule has 4 amide bonds. The molecule has 5 atom stereocenters. The van der Waals surface area contributed by atoms with Gasteiger partial charge in [-0.1, -0.05) is 27.7 Å². The van der Waals surface area contributed by atoms with Crippen molar-refractivity contribution in [2.75, 3.05) is 52.7 Å². The van der Waals surface area contributed by atoms with Crippen LogP contribution < -0.4 is 21.3 Å². The number of halogens is 4. The van der Waals surface area contributed by atoms with Gasteiger partial charge >= 0.3 is 13.2 Å². The molecule has 14 nitrogen and oxygen atoms in total. The topological polar surface area (TPSA) is 177 Å². The smallest absolute Gasteiger partial charge is 0.345 e. The number of nitrogens with one attached hydrogen (secondary N) is 4. The molecule has 0 aliphatic carbocycles. The first-order valence-electron chi connectivity index (χ1n) is 15.5. The van der Waals surface area contributed by atoms with Crippen molar-refractivity contribution >= 4 is 29.4 Å². The summed E-state index contributed by atoms with van der Waals surface area (Å²) in [4.78, 5) is 67.2. The first-order valence-corrected chi connectivity index (χ1v) is 15.5. The summed E-state index contributed by atoms with van der Waals surface area (Å²) < 4.78 is 70.6. The first-order chi connectivity index (χ1) is 22.0. The minimum Gasteiger partial charge on any atom is -0.379 e. The monoisotopic (exact) mass is 685 g/mol. The van der Waals surface area contributed by atoms with E-state index in [-0.39, 0.29) is 43.6 Å². The van der Waals surface area contributed by atoms with Gasteiger partial charge in [-0.3, -0.25) is 28.9 Å². The maximum atomic E-state index is 13.4. The van der Waals surface area contributed by atoms with Gasteiger partial charge in [0.05, 0.1) is 45.6 Å². The SMILES string of the molecule is CC(C)C[C@H](NC(=O)[C@H](COC(F)F)NC(=O)[C@H](COC(F)F)NC(=O)CN1CCOCC1)C(=O)N[C@@H](CC(C)C)C(=O)[C@@]1(C)CO1. The van der Waals surface area contributed by atoms with Crippen LogP contribution in [0.2, 0.25) is 0 Å². The van der Waals surface area contributed by atoms with Crippen molar-refractivity contribution in [1.29, 1.82) is 0 Å². The largest absolute Gasteiger partial charge is 0.379 e. The van der Waals surface area contributed by atoms with Crippen LogP contribution in [-0.4, -0.2) is 130 Å². The van der Waals surface area contributed by atoms with E-state index >= 15 is 0 Å². The number of epoxide rings is 1. The minimum atomic E-state index is -3.35. The zero-order valence-electron chi connectivity index (χ0n) is 27.3. The summed E-state index contributed by atoms with van der Waals surface area (Å²) in [6.07, 6.45) is 0.346. The lowest BCUT2D eigenvalue weighted by Crippen LogP contribution is -2.60. The molecule has 0 radical (unpaired) electrons. The molecule has 0 aromatic heterocycles. The standard InChI is InChI=1S/C29H47F4N5O9/c1-16(2)10-18(23(40)29(5)15-47-29)35-24(41)19(11-17(3)4)36-26(43)21(14-46-28(32)33)37-25(42)20(13-45-27(30)31)34-22(39)12-38-6-8-44-9-7-38/h16-21,27-28H,6-15H2,1-5H3,(H,34,39)(H,35,41)(H,36,43)(H,37,42)/t18-,19-,20-,21-,29+/m0/s1. The Morgan fingerprint density at radius 1 is 0.723 bits per heavy atom. The Morgan fingerprint density at radius 3 is 1.62 bits per heavy atom. The Bertz CT molecular complexity index is 1060. The Kier molecular flexibility index (Phi) is 16.4. The fraction of sp³-hybridized carbons (Fsp3) is 0.828. The van der Waals surface area contributed by atoms with Crippen molar-refractivity contribution in [3.63, 3.8) is 0 Å². The van der Waals surface area contributed by atoms with E-state index in [9.17, 15) is 41.5 Å². The summed E-state index contributed by atoms with van der Waals surface area (Å²) in [5, 5.41) is 9.48. The summed E-state index contributed by atoms with van der Waals surface area (Å²) in [5.74, 6) is -4.27. The van der Waals surface area contributed by atoms with Crippen LogP contribution in [0.4, 0.5) is 17.6 Å². The highest BCUT2D eigenvalue weighted by molar-refractivity contribution is 5.98. The highest BCUT2D eigenvalue weighted by Crippen LogP contribution is 2.29. The van der Waals surface area contributed by atoms with Crippen LogP contribution >= 0.6 is 0 Å². The third kappa shape index (κ3) is 14.8. The van der Waals surface area contributed by atoms with Crippen molar-refractivity contribution in [2.45, 2.75) is 90.5 Å². The number of carbonyl (C=O) groups is 5. The lowest BCUT2D eigenvalue weighted by atomic mass is 9.92. The van der Waals surface area contributed by atoms with Crippen LogP contribution in [0, 0.1) is 11.8 Å². The number of amides is 4. The number of Topliss-reactive ketones (excluding diaryl/α,β-unsaturated/α-hetero) is 1. The molecule has 0 aromatic rings. The quantitative estimate of drug-likeness (QED) is 0.0964. The molecule has 0 aromatic carbocycles. The molecule has 4 N–H and O–H groups in total. The van der Waals surface area contributed by atoms with Crippen LogP contribution in [0.5, 0.6) is 0 Å². The molecule has 2 heterocycles. The zero-order valence-corrected chi connectivity index (χ0v) is 27.3. The molecular weight excluding hydrogens is 638 g/mol. The fourth-order valence-electron chi connectivity index (χ4n) is 4.75. The number of hydrogen-bond donors (Lipinski definition) is 4. The number of carbonyl (C=O) groups excluding carboxylic acids is 5. The van der Waals surface area contributed by atoms with E-state index in [1.54, 1.807) is 25.7 Å². The average Bonchev–Trinajstić information content (AvgIpc) is 3.74. The fourth-order valence-corrected chi connectivity index (χ4v) is 4.75. The van der Waals surface area contributed by atoms with E-state index in [2.05, 4.69) is 30.7 Å². The van der Waals surface area contributed by atoms with Crippen molar-refractivity contribution < 1.29 is 60.5 Å². The Morgan fingerprint density at radius 2 is 1.15 bits per heavy atom. The molecule has 270 valence electrons. The number of morpholine rings is 1. The minimum absolute atomic E-state index is 0.00665. The third-order valence-corrected chi connectivity index (χ3v) is 7.31. The summed E-state index contributed by atoms with van der Waals surface area (Å²) in [6.45, 7) is 1.66. The molecule has 47 heavy (non-hydrogen) atoms. The Hall–Kier alpha value is -2.93. The van der Waals surface area contributed by atoms with Gasteiger partial charge in [-0.25, -0.2) is 0 Å². The maximum absolute atomic E-state index is 13.4. The number of alkyl halides is 4. The zero-order chi connectivity index (χ0) is 35.3.